The number of rotatable bonds is 4. The summed E-state index contributed by atoms with van der Waals surface area (Å²) in [6.07, 6.45) is -0.431. The van der Waals surface area contributed by atoms with Crippen LogP contribution in [0.15, 0.2) is 24.3 Å². The Labute approximate surface area is 173 Å². The SMILES string of the molecule is COc1ccc2c(c1)nnn2-c1cc(N2CC(NC(=O)OC(C)(C)C)C2)nc(N)n1. The summed E-state index contributed by atoms with van der Waals surface area (Å²) in [6.45, 7) is 6.66. The van der Waals surface area contributed by atoms with E-state index in [0.717, 1.165) is 5.52 Å². The van der Waals surface area contributed by atoms with Crippen LogP contribution in [-0.4, -0.2) is 62.9 Å². The van der Waals surface area contributed by atoms with E-state index in [-0.39, 0.29) is 12.0 Å². The number of methoxy groups -OCH3 is 1. The molecule has 0 unspecified atom stereocenters. The predicted octanol–water partition coefficient (Wildman–Crippen LogP) is 1.51. The second-order valence-corrected chi connectivity index (χ2v) is 8.05. The minimum atomic E-state index is -0.534. The topological polar surface area (TPSA) is 133 Å². The number of nitrogens with one attached hydrogen (secondary N) is 1. The highest BCUT2D eigenvalue weighted by Gasteiger charge is 2.31. The number of carbonyl (C=O) groups is 1. The lowest BCUT2D eigenvalue weighted by atomic mass is 10.1. The Morgan fingerprint density at radius 3 is 2.63 bits per heavy atom. The average Bonchev–Trinajstić information content (AvgIpc) is 3.05. The van der Waals surface area contributed by atoms with Crippen LogP contribution in [0.5, 0.6) is 5.75 Å². The Balaban J connectivity index is 1.50. The number of nitrogen functional groups attached to an aromatic ring is 1. The lowest BCUT2D eigenvalue weighted by Gasteiger charge is -2.40. The van der Waals surface area contributed by atoms with Gasteiger partial charge in [0.15, 0.2) is 5.82 Å². The number of hydrogen-bond donors (Lipinski definition) is 2. The number of amides is 1. The molecule has 3 N–H and O–H groups in total. The maximum atomic E-state index is 11.9. The first kappa shape index (κ1) is 19.7. The number of benzene rings is 1. The highest BCUT2D eigenvalue weighted by Crippen LogP contribution is 2.25. The maximum absolute atomic E-state index is 11.9. The lowest BCUT2D eigenvalue weighted by Crippen LogP contribution is -2.60. The summed E-state index contributed by atoms with van der Waals surface area (Å²) in [5, 5.41) is 11.2. The molecule has 1 aliphatic heterocycles. The normalized spacial score (nSPS) is 14.5. The Morgan fingerprint density at radius 1 is 1.20 bits per heavy atom. The van der Waals surface area contributed by atoms with Crippen LogP contribution in [0.4, 0.5) is 16.6 Å². The summed E-state index contributed by atoms with van der Waals surface area (Å²) in [5.41, 5.74) is 6.85. The van der Waals surface area contributed by atoms with Gasteiger partial charge in [-0.3, -0.25) is 0 Å². The quantitative estimate of drug-likeness (QED) is 0.654. The van der Waals surface area contributed by atoms with Crippen molar-refractivity contribution < 1.29 is 14.3 Å². The number of hydrogen-bond acceptors (Lipinski definition) is 9. The molecule has 3 heterocycles. The lowest BCUT2D eigenvalue weighted by molar-refractivity contribution is 0.0496. The molecular weight excluding hydrogens is 388 g/mol. The standard InChI is InChI=1S/C19H24N8O3/c1-19(2,3)30-18(28)21-11-9-26(10-11)15-8-16(23-17(20)22-15)27-14-6-5-12(29-4)7-13(14)24-25-27/h5-8,11H,9-10H2,1-4H3,(H,21,28)(H2,20,22,23). The van der Waals surface area contributed by atoms with Crippen molar-refractivity contribution in [1.29, 1.82) is 0 Å². The van der Waals surface area contributed by atoms with Gasteiger partial charge in [0.25, 0.3) is 0 Å². The van der Waals surface area contributed by atoms with Crippen molar-refractivity contribution in [2.24, 2.45) is 0 Å². The van der Waals surface area contributed by atoms with Gasteiger partial charge in [-0.2, -0.15) is 14.6 Å². The van der Waals surface area contributed by atoms with Crippen molar-refractivity contribution in [2.75, 3.05) is 30.8 Å². The molecule has 1 saturated heterocycles. The van der Waals surface area contributed by atoms with Gasteiger partial charge in [0.1, 0.15) is 22.7 Å². The first-order valence-corrected chi connectivity index (χ1v) is 9.51. The molecule has 11 heteroatoms. The van der Waals surface area contributed by atoms with Gasteiger partial charge in [0.05, 0.1) is 18.7 Å². The molecule has 0 spiro atoms. The summed E-state index contributed by atoms with van der Waals surface area (Å²) >= 11 is 0. The smallest absolute Gasteiger partial charge is 0.407 e. The predicted molar refractivity (Wildman–Crippen MR) is 111 cm³/mol. The van der Waals surface area contributed by atoms with Crippen LogP contribution < -0.4 is 20.7 Å². The molecule has 4 rings (SSSR count). The van der Waals surface area contributed by atoms with Crippen LogP contribution in [-0.2, 0) is 4.74 Å². The molecule has 0 saturated carbocycles. The number of ether oxygens (including phenoxy) is 2. The fourth-order valence-corrected chi connectivity index (χ4v) is 3.14. The molecule has 30 heavy (non-hydrogen) atoms. The van der Waals surface area contributed by atoms with Crippen LogP contribution in [0.1, 0.15) is 20.8 Å². The molecule has 0 bridgehead atoms. The van der Waals surface area contributed by atoms with Gasteiger partial charge in [-0.25, -0.2) is 4.79 Å². The number of fused-ring (bicyclic) bond motifs is 1. The highest BCUT2D eigenvalue weighted by atomic mass is 16.6. The number of nitrogens with two attached hydrogens (primary N) is 1. The van der Waals surface area contributed by atoms with E-state index in [0.29, 0.717) is 36.0 Å². The molecule has 1 aromatic carbocycles. The van der Waals surface area contributed by atoms with Gasteiger partial charge in [-0.05, 0) is 32.9 Å². The summed E-state index contributed by atoms with van der Waals surface area (Å²) in [4.78, 5) is 22.5. The molecule has 11 nitrogen and oxygen atoms in total. The van der Waals surface area contributed by atoms with E-state index in [9.17, 15) is 4.79 Å². The van der Waals surface area contributed by atoms with Gasteiger partial charge < -0.3 is 25.4 Å². The summed E-state index contributed by atoms with van der Waals surface area (Å²) < 4.78 is 12.1. The summed E-state index contributed by atoms with van der Waals surface area (Å²) in [5.74, 6) is 1.98. The van der Waals surface area contributed by atoms with Gasteiger partial charge in [0.2, 0.25) is 5.95 Å². The molecular formula is C19H24N8O3. The Morgan fingerprint density at radius 2 is 1.93 bits per heavy atom. The second-order valence-electron chi connectivity index (χ2n) is 8.05. The molecule has 1 amide bonds. The third-order valence-corrected chi connectivity index (χ3v) is 4.51. The minimum Gasteiger partial charge on any atom is -0.497 e. The van der Waals surface area contributed by atoms with Gasteiger partial charge in [-0.1, -0.05) is 5.21 Å². The number of aromatic nitrogens is 5. The fourth-order valence-electron chi connectivity index (χ4n) is 3.14. The molecule has 0 radical (unpaired) electrons. The second kappa shape index (κ2) is 7.32. The molecule has 1 fully saturated rings. The van der Waals surface area contributed by atoms with Gasteiger partial charge in [0, 0.05) is 25.2 Å². The maximum Gasteiger partial charge on any atom is 0.407 e. The zero-order chi connectivity index (χ0) is 21.5. The number of alkyl carbamates (subject to hydrolysis) is 1. The first-order valence-electron chi connectivity index (χ1n) is 9.51. The molecule has 3 aromatic rings. The van der Waals surface area contributed by atoms with Crippen molar-refractivity contribution in [1.82, 2.24) is 30.3 Å². The molecule has 2 aromatic heterocycles. The summed E-state index contributed by atoms with van der Waals surface area (Å²) in [6, 6.07) is 7.25. The number of carbonyl (C=O) groups excluding carboxylic acids is 1. The van der Waals surface area contributed by atoms with Crippen molar-refractivity contribution in [3.63, 3.8) is 0 Å². The van der Waals surface area contributed by atoms with Gasteiger partial charge >= 0.3 is 6.09 Å². The van der Waals surface area contributed by atoms with E-state index in [1.54, 1.807) is 23.9 Å². The monoisotopic (exact) mass is 412 g/mol. The molecule has 158 valence electrons. The average molecular weight is 412 g/mol. The van der Waals surface area contributed by atoms with E-state index in [4.69, 9.17) is 15.2 Å². The van der Waals surface area contributed by atoms with Crippen LogP contribution in [0.25, 0.3) is 16.9 Å². The van der Waals surface area contributed by atoms with E-state index in [1.807, 2.05) is 37.8 Å². The molecule has 1 aliphatic rings. The van der Waals surface area contributed by atoms with Crippen LogP contribution in [0.2, 0.25) is 0 Å². The van der Waals surface area contributed by atoms with Crippen LogP contribution >= 0.6 is 0 Å². The van der Waals surface area contributed by atoms with Gasteiger partial charge in [-0.15, -0.1) is 5.10 Å². The summed E-state index contributed by atoms with van der Waals surface area (Å²) in [7, 11) is 1.60. The zero-order valence-electron chi connectivity index (χ0n) is 17.3. The van der Waals surface area contributed by atoms with Crippen LogP contribution in [0.3, 0.4) is 0 Å². The van der Waals surface area contributed by atoms with Crippen molar-refractivity contribution >= 4 is 28.9 Å². The van der Waals surface area contributed by atoms with E-state index in [2.05, 4.69) is 25.6 Å². The van der Waals surface area contributed by atoms with Crippen LogP contribution in [0, 0.1) is 0 Å². The third kappa shape index (κ3) is 4.04. The third-order valence-electron chi connectivity index (χ3n) is 4.51. The molecule has 0 atom stereocenters. The van der Waals surface area contributed by atoms with Crippen molar-refractivity contribution in [2.45, 2.75) is 32.4 Å². The molecule has 0 aliphatic carbocycles. The van der Waals surface area contributed by atoms with E-state index in [1.165, 1.54) is 0 Å². The minimum absolute atomic E-state index is 0.0286. The zero-order valence-corrected chi connectivity index (χ0v) is 17.3. The largest absolute Gasteiger partial charge is 0.497 e. The Bertz CT molecular complexity index is 1090. The van der Waals surface area contributed by atoms with E-state index >= 15 is 0 Å². The fraction of sp³-hybridized carbons (Fsp3) is 0.421. The van der Waals surface area contributed by atoms with Crippen molar-refractivity contribution in [3.05, 3.63) is 24.3 Å². The Hall–Kier alpha value is -3.63. The van der Waals surface area contributed by atoms with E-state index < -0.39 is 11.7 Å². The Kier molecular flexibility index (Phi) is 4.80. The first-order chi connectivity index (χ1) is 14.2. The number of anilines is 2. The number of nitrogens with zero attached hydrogens (tertiary/aromatic N) is 6. The van der Waals surface area contributed by atoms with Crippen molar-refractivity contribution in [3.8, 4) is 11.6 Å². The highest BCUT2D eigenvalue weighted by molar-refractivity contribution is 5.77.